The smallest absolute Gasteiger partial charge is 0.132 e. The van der Waals surface area contributed by atoms with Crippen LogP contribution < -0.4 is 0 Å². The number of ether oxygens (including phenoxy) is 1. The molecule has 0 amide bonds. The van der Waals surface area contributed by atoms with E-state index >= 15 is 0 Å². The van der Waals surface area contributed by atoms with E-state index in [-0.39, 0.29) is 6.10 Å². The quantitative estimate of drug-likeness (QED) is 0.570. The SMILES string of the molecule is CCOC1CC(O/N=C/c2cccs2)C1. The van der Waals surface area contributed by atoms with Crippen LogP contribution in [0.1, 0.15) is 24.6 Å². The number of rotatable bonds is 5. The molecule has 3 nitrogen and oxygen atoms in total. The van der Waals surface area contributed by atoms with Crippen LogP contribution >= 0.6 is 11.3 Å². The fourth-order valence-electron chi connectivity index (χ4n) is 1.51. The lowest BCUT2D eigenvalue weighted by Gasteiger charge is -2.32. The van der Waals surface area contributed by atoms with Gasteiger partial charge in [0.1, 0.15) is 6.10 Å². The van der Waals surface area contributed by atoms with Crippen molar-refractivity contribution in [2.45, 2.75) is 32.0 Å². The van der Waals surface area contributed by atoms with E-state index in [1.54, 1.807) is 17.6 Å². The molecule has 0 N–H and O–H groups in total. The number of thiophene rings is 1. The molecular formula is C11H15NO2S. The normalized spacial score (nSPS) is 25.4. The first-order valence-corrected chi connectivity index (χ1v) is 6.10. The molecule has 2 rings (SSSR count). The molecule has 1 aromatic heterocycles. The fourth-order valence-corrected chi connectivity index (χ4v) is 2.08. The van der Waals surface area contributed by atoms with E-state index in [2.05, 4.69) is 5.16 Å². The van der Waals surface area contributed by atoms with E-state index < -0.39 is 0 Å². The lowest BCUT2D eigenvalue weighted by atomic mass is 9.92. The third-order valence-electron chi connectivity index (χ3n) is 2.39. The molecule has 0 unspecified atom stereocenters. The molecule has 4 heteroatoms. The maximum absolute atomic E-state index is 5.43. The van der Waals surface area contributed by atoms with Crippen LogP contribution in [0.3, 0.4) is 0 Å². The summed E-state index contributed by atoms with van der Waals surface area (Å²) in [5.74, 6) is 0. The highest BCUT2D eigenvalue weighted by Gasteiger charge is 2.31. The first-order chi connectivity index (χ1) is 7.38. The number of hydrogen-bond donors (Lipinski definition) is 0. The minimum atomic E-state index is 0.248. The van der Waals surface area contributed by atoms with Crippen LogP contribution in [0, 0.1) is 0 Å². The van der Waals surface area contributed by atoms with Crippen molar-refractivity contribution in [3.05, 3.63) is 22.4 Å². The van der Waals surface area contributed by atoms with Crippen LogP contribution in [0.2, 0.25) is 0 Å². The molecule has 1 aliphatic rings. The van der Waals surface area contributed by atoms with Crippen LogP contribution in [0.25, 0.3) is 0 Å². The summed E-state index contributed by atoms with van der Waals surface area (Å²) in [6, 6.07) is 4.02. The zero-order valence-electron chi connectivity index (χ0n) is 8.76. The summed E-state index contributed by atoms with van der Waals surface area (Å²) in [5.41, 5.74) is 0. The Morgan fingerprint density at radius 3 is 3.07 bits per heavy atom. The summed E-state index contributed by atoms with van der Waals surface area (Å²) >= 11 is 1.65. The van der Waals surface area contributed by atoms with E-state index in [1.165, 1.54) is 0 Å². The topological polar surface area (TPSA) is 30.8 Å². The average molecular weight is 225 g/mol. The number of oxime groups is 1. The lowest BCUT2D eigenvalue weighted by molar-refractivity contribution is -0.0971. The third kappa shape index (κ3) is 3.04. The van der Waals surface area contributed by atoms with Gasteiger partial charge in [0.05, 0.1) is 12.3 Å². The maximum atomic E-state index is 5.43. The van der Waals surface area contributed by atoms with Crippen molar-refractivity contribution in [1.29, 1.82) is 0 Å². The van der Waals surface area contributed by atoms with Crippen molar-refractivity contribution in [1.82, 2.24) is 0 Å². The van der Waals surface area contributed by atoms with E-state index in [9.17, 15) is 0 Å². The van der Waals surface area contributed by atoms with Crippen molar-refractivity contribution in [2.24, 2.45) is 5.16 Å². The van der Waals surface area contributed by atoms with Gasteiger partial charge >= 0.3 is 0 Å². The molecule has 1 saturated carbocycles. The Hall–Kier alpha value is -0.870. The first-order valence-electron chi connectivity index (χ1n) is 5.22. The van der Waals surface area contributed by atoms with Crippen molar-refractivity contribution in [2.75, 3.05) is 6.61 Å². The van der Waals surface area contributed by atoms with Crippen LogP contribution in [0.4, 0.5) is 0 Å². The molecule has 1 aliphatic carbocycles. The number of hydrogen-bond acceptors (Lipinski definition) is 4. The highest BCUT2D eigenvalue weighted by molar-refractivity contribution is 7.11. The van der Waals surface area contributed by atoms with E-state index in [0.29, 0.717) is 6.10 Å². The van der Waals surface area contributed by atoms with Crippen LogP contribution in [-0.4, -0.2) is 25.0 Å². The molecule has 0 bridgehead atoms. The van der Waals surface area contributed by atoms with Crippen molar-refractivity contribution in [3.63, 3.8) is 0 Å². The van der Waals surface area contributed by atoms with E-state index in [0.717, 1.165) is 24.3 Å². The third-order valence-corrected chi connectivity index (χ3v) is 3.19. The second kappa shape index (κ2) is 5.28. The molecule has 0 atom stereocenters. The van der Waals surface area contributed by atoms with Crippen molar-refractivity contribution >= 4 is 17.6 Å². The van der Waals surface area contributed by atoms with E-state index in [4.69, 9.17) is 9.57 Å². The molecule has 0 radical (unpaired) electrons. The van der Waals surface area contributed by atoms with Gasteiger partial charge in [0, 0.05) is 24.3 Å². The van der Waals surface area contributed by atoms with Gasteiger partial charge in [0.25, 0.3) is 0 Å². The molecule has 82 valence electrons. The highest BCUT2D eigenvalue weighted by Crippen LogP contribution is 2.26. The fraction of sp³-hybridized carbons (Fsp3) is 0.545. The van der Waals surface area contributed by atoms with Crippen LogP contribution in [0.15, 0.2) is 22.7 Å². The Kier molecular flexibility index (Phi) is 3.75. The molecule has 1 fully saturated rings. The minimum Gasteiger partial charge on any atom is -0.392 e. The highest BCUT2D eigenvalue weighted by atomic mass is 32.1. The molecule has 1 aromatic rings. The predicted molar refractivity (Wildman–Crippen MR) is 61.4 cm³/mol. The Bertz CT molecular complexity index is 304. The van der Waals surface area contributed by atoms with Gasteiger partial charge in [-0.05, 0) is 18.4 Å². The van der Waals surface area contributed by atoms with Gasteiger partial charge in [-0.25, -0.2) is 0 Å². The largest absolute Gasteiger partial charge is 0.392 e. The van der Waals surface area contributed by atoms with Gasteiger partial charge < -0.3 is 9.57 Å². The Balaban J connectivity index is 1.64. The van der Waals surface area contributed by atoms with Gasteiger partial charge in [-0.15, -0.1) is 11.3 Å². The van der Waals surface area contributed by atoms with Gasteiger partial charge in [-0.2, -0.15) is 0 Å². The predicted octanol–water partition coefficient (Wildman–Crippen LogP) is 2.67. The Morgan fingerprint density at radius 2 is 2.40 bits per heavy atom. The van der Waals surface area contributed by atoms with Gasteiger partial charge in [-0.1, -0.05) is 11.2 Å². The maximum Gasteiger partial charge on any atom is 0.132 e. The van der Waals surface area contributed by atoms with Gasteiger partial charge in [0.15, 0.2) is 0 Å². The summed E-state index contributed by atoms with van der Waals surface area (Å²) in [5, 5.41) is 5.98. The standard InChI is InChI=1S/C11H15NO2S/c1-2-13-9-6-10(7-9)14-12-8-11-4-3-5-15-11/h3-5,8-10H,2,6-7H2,1H3/b12-8+. The second-order valence-electron chi connectivity index (χ2n) is 3.53. The number of nitrogens with zero attached hydrogens (tertiary/aromatic N) is 1. The summed E-state index contributed by atoms with van der Waals surface area (Å²) in [6.07, 6.45) is 4.33. The van der Waals surface area contributed by atoms with Crippen molar-refractivity contribution in [3.8, 4) is 0 Å². The summed E-state index contributed by atoms with van der Waals surface area (Å²) in [7, 11) is 0. The van der Waals surface area contributed by atoms with Crippen molar-refractivity contribution < 1.29 is 9.57 Å². The Morgan fingerprint density at radius 1 is 1.53 bits per heavy atom. The van der Waals surface area contributed by atoms with Gasteiger partial charge in [0.2, 0.25) is 0 Å². The lowest BCUT2D eigenvalue weighted by Crippen LogP contribution is -2.36. The summed E-state index contributed by atoms with van der Waals surface area (Å²) < 4.78 is 5.43. The van der Waals surface area contributed by atoms with Gasteiger partial charge in [-0.3, -0.25) is 0 Å². The molecule has 15 heavy (non-hydrogen) atoms. The molecule has 0 spiro atoms. The molecule has 1 heterocycles. The van der Waals surface area contributed by atoms with Crippen LogP contribution in [0.5, 0.6) is 0 Å². The van der Waals surface area contributed by atoms with Crippen LogP contribution in [-0.2, 0) is 9.57 Å². The molecule has 0 saturated heterocycles. The zero-order valence-corrected chi connectivity index (χ0v) is 9.57. The molecule has 0 aromatic carbocycles. The summed E-state index contributed by atoms with van der Waals surface area (Å²) in [4.78, 5) is 6.44. The minimum absolute atomic E-state index is 0.248. The Labute approximate surface area is 93.7 Å². The molecular weight excluding hydrogens is 210 g/mol. The first kappa shape index (κ1) is 10.6. The van der Waals surface area contributed by atoms with E-state index in [1.807, 2.05) is 24.4 Å². The molecule has 0 aliphatic heterocycles. The zero-order chi connectivity index (χ0) is 10.5. The second-order valence-corrected chi connectivity index (χ2v) is 4.51. The average Bonchev–Trinajstić information content (AvgIpc) is 2.66. The monoisotopic (exact) mass is 225 g/mol. The summed E-state index contributed by atoms with van der Waals surface area (Å²) in [6.45, 7) is 2.80.